The number of carbonyl (C=O) groups excluding carboxylic acids is 1. The standard InChI is InChI=1S/C10H19NO2/c1-8(2)13-7-10(4)5-11(6-10)9(3)12/h8H,5-7H2,1-4H3. The van der Waals surface area contributed by atoms with Crippen LogP contribution in [0, 0.1) is 5.41 Å². The van der Waals surface area contributed by atoms with Gasteiger partial charge in [0.05, 0.1) is 12.7 Å². The number of ether oxygens (including phenoxy) is 1. The summed E-state index contributed by atoms with van der Waals surface area (Å²) in [6.45, 7) is 10.3. The van der Waals surface area contributed by atoms with Crippen molar-refractivity contribution in [3.05, 3.63) is 0 Å². The van der Waals surface area contributed by atoms with E-state index < -0.39 is 0 Å². The highest BCUT2D eigenvalue weighted by Crippen LogP contribution is 2.30. The minimum atomic E-state index is 0.169. The summed E-state index contributed by atoms with van der Waals surface area (Å²) >= 11 is 0. The van der Waals surface area contributed by atoms with Gasteiger partial charge in [-0.25, -0.2) is 0 Å². The van der Waals surface area contributed by atoms with Crippen molar-refractivity contribution in [1.29, 1.82) is 0 Å². The van der Waals surface area contributed by atoms with Gasteiger partial charge in [0.1, 0.15) is 0 Å². The molecule has 0 N–H and O–H groups in total. The highest BCUT2D eigenvalue weighted by Gasteiger charge is 2.40. The van der Waals surface area contributed by atoms with Gasteiger partial charge in [0.2, 0.25) is 5.91 Å². The summed E-state index contributed by atoms with van der Waals surface area (Å²) in [5.74, 6) is 0.169. The van der Waals surface area contributed by atoms with Gasteiger partial charge in [0, 0.05) is 25.4 Å². The van der Waals surface area contributed by atoms with E-state index in [1.54, 1.807) is 6.92 Å². The highest BCUT2D eigenvalue weighted by molar-refractivity contribution is 5.74. The molecule has 0 saturated carbocycles. The van der Waals surface area contributed by atoms with Gasteiger partial charge in [-0.3, -0.25) is 4.79 Å². The Labute approximate surface area is 80.1 Å². The average Bonchev–Trinajstić information content (AvgIpc) is 1.95. The fourth-order valence-corrected chi connectivity index (χ4v) is 1.56. The summed E-state index contributed by atoms with van der Waals surface area (Å²) < 4.78 is 5.54. The number of amides is 1. The van der Waals surface area contributed by atoms with E-state index in [0.29, 0.717) is 0 Å². The van der Waals surface area contributed by atoms with Crippen LogP contribution >= 0.6 is 0 Å². The van der Waals surface area contributed by atoms with Crippen molar-refractivity contribution in [2.75, 3.05) is 19.7 Å². The molecule has 0 radical (unpaired) electrons. The molecule has 1 amide bonds. The Balaban J connectivity index is 2.26. The normalized spacial score (nSPS) is 20.2. The number of likely N-dealkylation sites (tertiary alicyclic amines) is 1. The second-order valence-electron chi connectivity index (χ2n) is 4.55. The first-order chi connectivity index (χ1) is 5.93. The quantitative estimate of drug-likeness (QED) is 0.663. The summed E-state index contributed by atoms with van der Waals surface area (Å²) in [6.07, 6.45) is 0.281. The Morgan fingerprint density at radius 1 is 1.54 bits per heavy atom. The summed E-state index contributed by atoms with van der Waals surface area (Å²) in [5, 5.41) is 0. The lowest BCUT2D eigenvalue weighted by Crippen LogP contribution is -2.58. The van der Waals surface area contributed by atoms with E-state index in [1.165, 1.54) is 0 Å². The molecule has 1 rings (SSSR count). The van der Waals surface area contributed by atoms with E-state index >= 15 is 0 Å². The van der Waals surface area contributed by atoms with E-state index in [0.717, 1.165) is 19.7 Å². The number of carbonyl (C=O) groups is 1. The summed E-state index contributed by atoms with van der Waals surface area (Å²) in [5.41, 5.74) is 0.190. The lowest BCUT2D eigenvalue weighted by molar-refractivity contribution is -0.145. The smallest absolute Gasteiger partial charge is 0.219 e. The number of rotatable bonds is 3. The van der Waals surface area contributed by atoms with Gasteiger partial charge in [0.15, 0.2) is 0 Å². The first-order valence-corrected chi connectivity index (χ1v) is 4.80. The molecule has 0 aromatic carbocycles. The van der Waals surface area contributed by atoms with Crippen LogP contribution in [-0.4, -0.2) is 36.6 Å². The van der Waals surface area contributed by atoms with Gasteiger partial charge in [-0.1, -0.05) is 6.92 Å². The van der Waals surface area contributed by atoms with Gasteiger partial charge in [-0.2, -0.15) is 0 Å². The maximum atomic E-state index is 10.9. The van der Waals surface area contributed by atoms with Gasteiger partial charge >= 0.3 is 0 Å². The predicted molar refractivity (Wildman–Crippen MR) is 51.4 cm³/mol. The van der Waals surface area contributed by atoms with E-state index in [2.05, 4.69) is 6.92 Å². The summed E-state index contributed by atoms with van der Waals surface area (Å²) in [6, 6.07) is 0. The molecule has 0 aliphatic carbocycles. The molecule has 1 saturated heterocycles. The highest BCUT2D eigenvalue weighted by atomic mass is 16.5. The van der Waals surface area contributed by atoms with Crippen LogP contribution in [0.3, 0.4) is 0 Å². The van der Waals surface area contributed by atoms with Crippen molar-refractivity contribution < 1.29 is 9.53 Å². The van der Waals surface area contributed by atoms with Crippen molar-refractivity contribution >= 4 is 5.91 Å². The topological polar surface area (TPSA) is 29.5 Å². The van der Waals surface area contributed by atoms with Crippen LogP contribution in [0.2, 0.25) is 0 Å². The molecule has 1 fully saturated rings. The van der Waals surface area contributed by atoms with Crippen LogP contribution in [0.15, 0.2) is 0 Å². The Kier molecular flexibility index (Phi) is 2.96. The van der Waals surface area contributed by atoms with Crippen molar-refractivity contribution in [2.24, 2.45) is 5.41 Å². The van der Waals surface area contributed by atoms with Gasteiger partial charge in [-0.15, -0.1) is 0 Å². The van der Waals surface area contributed by atoms with Crippen LogP contribution in [0.25, 0.3) is 0 Å². The van der Waals surface area contributed by atoms with Crippen molar-refractivity contribution in [3.63, 3.8) is 0 Å². The summed E-state index contributed by atoms with van der Waals surface area (Å²) in [4.78, 5) is 12.8. The third kappa shape index (κ3) is 2.69. The molecule has 3 heteroatoms. The number of hydrogen-bond acceptors (Lipinski definition) is 2. The van der Waals surface area contributed by atoms with Crippen LogP contribution < -0.4 is 0 Å². The minimum absolute atomic E-state index is 0.169. The van der Waals surface area contributed by atoms with Crippen LogP contribution in [0.4, 0.5) is 0 Å². The van der Waals surface area contributed by atoms with Gasteiger partial charge < -0.3 is 9.64 Å². The van der Waals surface area contributed by atoms with Gasteiger partial charge in [-0.05, 0) is 13.8 Å². The van der Waals surface area contributed by atoms with Gasteiger partial charge in [0.25, 0.3) is 0 Å². The second kappa shape index (κ2) is 3.66. The molecule has 1 heterocycles. The van der Waals surface area contributed by atoms with Crippen LogP contribution in [0.1, 0.15) is 27.7 Å². The molecule has 0 atom stereocenters. The first kappa shape index (κ1) is 10.5. The lowest BCUT2D eigenvalue weighted by atomic mass is 9.83. The van der Waals surface area contributed by atoms with Crippen molar-refractivity contribution in [1.82, 2.24) is 4.90 Å². The van der Waals surface area contributed by atoms with E-state index in [-0.39, 0.29) is 17.4 Å². The van der Waals surface area contributed by atoms with E-state index in [9.17, 15) is 4.79 Å². The fourth-order valence-electron chi connectivity index (χ4n) is 1.56. The van der Waals surface area contributed by atoms with E-state index in [1.807, 2.05) is 18.7 Å². The molecule has 0 bridgehead atoms. The molecule has 13 heavy (non-hydrogen) atoms. The maximum Gasteiger partial charge on any atom is 0.219 e. The fraction of sp³-hybridized carbons (Fsp3) is 0.900. The molecule has 0 aromatic rings. The zero-order valence-corrected chi connectivity index (χ0v) is 8.96. The van der Waals surface area contributed by atoms with Crippen LogP contribution in [-0.2, 0) is 9.53 Å². The molecule has 1 aliphatic heterocycles. The number of hydrogen-bond donors (Lipinski definition) is 0. The molecule has 3 nitrogen and oxygen atoms in total. The molecule has 76 valence electrons. The van der Waals surface area contributed by atoms with Crippen molar-refractivity contribution in [3.8, 4) is 0 Å². The molecule has 0 unspecified atom stereocenters. The Hall–Kier alpha value is -0.570. The molecule has 0 aromatic heterocycles. The Morgan fingerprint density at radius 2 is 2.08 bits per heavy atom. The molecular weight excluding hydrogens is 166 g/mol. The Bertz CT molecular complexity index is 195. The average molecular weight is 185 g/mol. The lowest BCUT2D eigenvalue weighted by Gasteiger charge is -2.47. The molecular formula is C10H19NO2. The zero-order chi connectivity index (χ0) is 10.1. The summed E-state index contributed by atoms with van der Waals surface area (Å²) in [7, 11) is 0. The number of nitrogens with zero attached hydrogens (tertiary/aromatic N) is 1. The predicted octanol–water partition coefficient (Wildman–Crippen LogP) is 1.28. The second-order valence-corrected chi connectivity index (χ2v) is 4.55. The monoisotopic (exact) mass is 185 g/mol. The molecule has 0 spiro atoms. The van der Waals surface area contributed by atoms with Crippen LogP contribution in [0.5, 0.6) is 0 Å². The largest absolute Gasteiger partial charge is 0.378 e. The molecule has 1 aliphatic rings. The third-order valence-electron chi connectivity index (χ3n) is 2.36. The SMILES string of the molecule is CC(=O)N1CC(C)(COC(C)C)C1. The minimum Gasteiger partial charge on any atom is -0.378 e. The maximum absolute atomic E-state index is 10.9. The van der Waals surface area contributed by atoms with Crippen molar-refractivity contribution in [2.45, 2.75) is 33.8 Å². The van der Waals surface area contributed by atoms with E-state index in [4.69, 9.17) is 4.74 Å². The zero-order valence-electron chi connectivity index (χ0n) is 8.96. The Morgan fingerprint density at radius 3 is 2.46 bits per heavy atom. The third-order valence-corrected chi connectivity index (χ3v) is 2.36. The first-order valence-electron chi connectivity index (χ1n) is 4.80.